The van der Waals surface area contributed by atoms with Crippen LogP contribution in [0.1, 0.15) is 96.3 Å². The van der Waals surface area contributed by atoms with Gasteiger partial charge in [-0.05, 0) is 51.5 Å². The summed E-state index contributed by atoms with van der Waals surface area (Å²) in [5, 5.41) is 0.556. The van der Waals surface area contributed by atoms with E-state index in [0.717, 1.165) is 32.1 Å². The summed E-state index contributed by atoms with van der Waals surface area (Å²) in [7, 11) is 1.76. The molecule has 0 amide bonds. The zero-order valence-corrected chi connectivity index (χ0v) is 19.5. The topological polar surface area (TPSA) is 61.6 Å². The minimum absolute atomic E-state index is 0.0925. The molecule has 2 aromatic rings. The standard InChI is InChI=1S/C23H37NO4S/c1-6-7-8-9-10-11-15-27-22-24-20-18(21(25)28-22)16-19(29-20)17(2)13-12-14-23(3,4)26-5/h16-17H,6-15H2,1-5H3. The van der Waals surface area contributed by atoms with Gasteiger partial charge >= 0.3 is 11.7 Å². The van der Waals surface area contributed by atoms with Gasteiger partial charge in [0.15, 0.2) is 0 Å². The van der Waals surface area contributed by atoms with Crippen LogP contribution in [-0.2, 0) is 4.74 Å². The maximum atomic E-state index is 12.3. The fourth-order valence-corrected chi connectivity index (χ4v) is 4.39. The van der Waals surface area contributed by atoms with E-state index in [1.54, 1.807) is 18.4 Å². The molecule has 0 N–H and O–H groups in total. The van der Waals surface area contributed by atoms with Gasteiger partial charge in [-0.3, -0.25) is 0 Å². The maximum absolute atomic E-state index is 12.3. The van der Waals surface area contributed by atoms with Crippen LogP contribution in [0.2, 0.25) is 0 Å². The second-order valence-corrected chi connectivity index (χ2v) is 9.57. The van der Waals surface area contributed by atoms with Gasteiger partial charge in [-0.25, -0.2) is 4.79 Å². The number of rotatable bonds is 14. The summed E-state index contributed by atoms with van der Waals surface area (Å²) >= 11 is 1.57. The summed E-state index contributed by atoms with van der Waals surface area (Å²) in [5.41, 5.74) is -0.451. The van der Waals surface area contributed by atoms with Crippen molar-refractivity contribution in [1.82, 2.24) is 4.98 Å². The zero-order valence-electron chi connectivity index (χ0n) is 18.7. The van der Waals surface area contributed by atoms with E-state index in [-0.39, 0.29) is 17.3 Å². The number of hydrogen-bond acceptors (Lipinski definition) is 6. The summed E-state index contributed by atoms with van der Waals surface area (Å²) < 4.78 is 16.4. The molecule has 0 aromatic carbocycles. The average molecular weight is 424 g/mol. The highest BCUT2D eigenvalue weighted by Crippen LogP contribution is 2.32. The summed E-state index contributed by atoms with van der Waals surface area (Å²) in [6.45, 7) is 9.17. The van der Waals surface area contributed by atoms with Crippen LogP contribution in [0.3, 0.4) is 0 Å². The molecule has 0 aliphatic heterocycles. The van der Waals surface area contributed by atoms with Crippen molar-refractivity contribution in [2.45, 2.75) is 97.0 Å². The van der Waals surface area contributed by atoms with Gasteiger partial charge in [-0.15, -0.1) is 11.3 Å². The maximum Gasteiger partial charge on any atom is 0.397 e. The van der Waals surface area contributed by atoms with Gasteiger partial charge in [0.1, 0.15) is 4.83 Å². The van der Waals surface area contributed by atoms with E-state index in [0.29, 0.717) is 22.7 Å². The Kier molecular flexibility index (Phi) is 9.63. The number of thiophene rings is 1. The molecule has 2 aromatic heterocycles. The predicted molar refractivity (Wildman–Crippen MR) is 120 cm³/mol. The Bertz CT molecular complexity index is 796. The molecule has 0 spiro atoms. The van der Waals surface area contributed by atoms with Gasteiger partial charge in [0.05, 0.1) is 17.6 Å². The normalized spacial score (nSPS) is 13.1. The first-order chi connectivity index (χ1) is 13.9. The van der Waals surface area contributed by atoms with E-state index in [9.17, 15) is 4.79 Å². The highest BCUT2D eigenvalue weighted by Gasteiger charge is 2.19. The Morgan fingerprint density at radius 3 is 2.62 bits per heavy atom. The highest BCUT2D eigenvalue weighted by molar-refractivity contribution is 7.18. The molecule has 0 aliphatic rings. The van der Waals surface area contributed by atoms with Gasteiger partial charge in [-0.2, -0.15) is 4.98 Å². The van der Waals surface area contributed by atoms with Crippen molar-refractivity contribution in [3.8, 4) is 6.08 Å². The third kappa shape index (κ3) is 7.74. The molecule has 0 saturated heterocycles. The first-order valence-electron chi connectivity index (χ1n) is 11.0. The minimum atomic E-state index is -0.358. The molecule has 6 heteroatoms. The molecular weight excluding hydrogens is 386 g/mol. The second kappa shape index (κ2) is 11.7. The molecule has 1 atom stereocenters. The Hall–Kier alpha value is -1.40. The van der Waals surface area contributed by atoms with Crippen molar-refractivity contribution >= 4 is 21.6 Å². The molecule has 0 bridgehead atoms. The number of fused-ring (bicyclic) bond motifs is 1. The molecule has 2 heterocycles. The van der Waals surface area contributed by atoms with Crippen molar-refractivity contribution in [1.29, 1.82) is 0 Å². The fourth-order valence-electron chi connectivity index (χ4n) is 3.29. The van der Waals surface area contributed by atoms with Crippen LogP contribution in [0, 0.1) is 0 Å². The number of nitrogens with zero attached hydrogens (tertiary/aromatic N) is 1. The smallest absolute Gasteiger partial charge is 0.397 e. The third-order valence-corrected chi connectivity index (χ3v) is 6.76. The van der Waals surface area contributed by atoms with Crippen LogP contribution >= 0.6 is 11.3 Å². The van der Waals surface area contributed by atoms with Crippen LogP contribution in [-0.4, -0.2) is 24.3 Å². The lowest BCUT2D eigenvalue weighted by atomic mass is 9.96. The second-order valence-electron chi connectivity index (χ2n) is 8.51. The molecule has 0 aliphatic carbocycles. The van der Waals surface area contributed by atoms with E-state index in [1.807, 2.05) is 6.07 Å². The zero-order chi connectivity index (χ0) is 21.3. The van der Waals surface area contributed by atoms with Gasteiger partial charge in [0.2, 0.25) is 0 Å². The summed E-state index contributed by atoms with van der Waals surface area (Å²) in [6, 6.07) is 1.93. The van der Waals surface area contributed by atoms with Gasteiger partial charge in [0, 0.05) is 12.0 Å². The van der Waals surface area contributed by atoms with Crippen LogP contribution < -0.4 is 10.4 Å². The molecule has 5 nitrogen and oxygen atoms in total. The van der Waals surface area contributed by atoms with E-state index in [4.69, 9.17) is 13.9 Å². The van der Waals surface area contributed by atoms with E-state index in [1.165, 1.54) is 30.6 Å². The number of hydrogen-bond donors (Lipinski definition) is 0. The number of aromatic nitrogens is 1. The monoisotopic (exact) mass is 423 g/mol. The molecule has 0 saturated carbocycles. The molecular formula is C23H37NO4S. The lowest BCUT2D eigenvalue weighted by Gasteiger charge is -2.23. The Morgan fingerprint density at radius 2 is 1.90 bits per heavy atom. The molecule has 2 rings (SSSR count). The Morgan fingerprint density at radius 1 is 1.17 bits per heavy atom. The SMILES string of the molecule is CCCCCCCCOc1nc2sc(C(C)CCCC(C)(C)OC)cc2c(=O)o1. The molecule has 1 unspecified atom stereocenters. The van der Waals surface area contributed by atoms with E-state index in [2.05, 4.69) is 32.7 Å². The van der Waals surface area contributed by atoms with Crippen molar-refractivity contribution in [3.05, 3.63) is 21.4 Å². The minimum Gasteiger partial charge on any atom is -0.450 e. The largest absolute Gasteiger partial charge is 0.450 e. The predicted octanol–water partition coefficient (Wildman–Crippen LogP) is 6.69. The van der Waals surface area contributed by atoms with E-state index < -0.39 is 0 Å². The van der Waals surface area contributed by atoms with Crippen LogP contribution in [0.15, 0.2) is 15.3 Å². The first-order valence-corrected chi connectivity index (χ1v) is 11.8. The fraction of sp³-hybridized carbons (Fsp3) is 0.739. The van der Waals surface area contributed by atoms with Gasteiger partial charge < -0.3 is 13.9 Å². The molecule has 0 radical (unpaired) electrons. The van der Waals surface area contributed by atoms with Crippen LogP contribution in [0.4, 0.5) is 0 Å². The van der Waals surface area contributed by atoms with Crippen molar-refractivity contribution in [2.75, 3.05) is 13.7 Å². The van der Waals surface area contributed by atoms with Crippen LogP contribution in [0.25, 0.3) is 10.2 Å². The molecule has 29 heavy (non-hydrogen) atoms. The van der Waals surface area contributed by atoms with Crippen LogP contribution in [0.5, 0.6) is 6.08 Å². The Labute approximate surface area is 178 Å². The number of ether oxygens (including phenoxy) is 2. The number of methoxy groups -OCH3 is 1. The lowest BCUT2D eigenvalue weighted by Crippen LogP contribution is -2.22. The number of unbranched alkanes of at least 4 members (excludes halogenated alkanes) is 5. The Balaban J connectivity index is 1.90. The first kappa shape index (κ1) is 23.9. The van der Waals surface area contributed by atoms with Gasteiger partial charge in [-0.1, -0.05) is 46.0 Å². The highest BCUT2D eigenvalue weighted by atomic mass is 32.1. The van der Waals surface area contributed by atoms with Crippen molar-refractivity contribution in [3.63, 3.8) is 0 Å². The van der Waals surface area contributed by atoms with Crippen molar-refractivity contribution in [2.24, 2.45) is 0 Å². The average Bonchev–Trinajstić information content (AvgIpc) is 3.12. The van der Waals surface area contributed by atoms with Gasteiger partial charge in [0.25, 0.3) is 0 Å². The van der Waals surface area contributed by atoms with E-state index >= 15 is 0 Å². The summed E-state index contributed by atoms with van der Waals surface area (Å²) in [5.74, 6) is 0.369. The quantitative estimate of drug-likeness (QED) is 0.317. The summed E-state index contributed by atoms with van der Waals surface area (Å²) in [4.78, 5) is 18.6. The summed E-state index contributed by atoms with van der Waals surface area (Å²) in [6.07, 6.45) is 10.3. The van der Waals surface area contributed by atoms with Crippen molar-refractivity contribution < 1.29 is 13.9 Å². The third-order valence-electron chi connectivity index (χ3n) is 5.50. The lowest BCUT2D eigenvalue weighted by molar-refractivity contribution is 0.0132. The molecule has 164 valence electrons. The molecule has 0 fully saturated rings.